The average Bonchev–Trinajstić information content (AvgIpc) is 2.67. The molecule has 0 unspecified atom stereocenters. The lowest BCUT2D eigenvalue weighted by Crippen LogP contribution is -1.86. The van der Waals surface area contributed by atoms with E-state index < -0.39 is 0 Å². The fraction of sp³-hybridized carbons (Fsp3) is 0.125. The van der Waals surface area contributed by atoms with E-state index in [9.17, 15) is 0 Å². The summed E-state index contributed by atoms with van der Waals surface area (Å²) in [6.45, 7) is 0. The van der Waals surface area contributed by atoms with Crippen LogP contribution in [0.1, 0.15) is 5.89 Å². The number of aromatic nitrogens is 3. The summed E-state index contributed by atoms with van der Waals surface area (Å²) in [4.78, 5) is 8.04. The van der Waals surface area contributed by atoms with Crippen molar-refractivity contribution < 1.29 is 4.52 Å². The SMILES string of the molecule is ClCc1nc(-c2ncccc2Cl)no1. The van der Waals surface area contributed by atoms with Crippen LogP contribution in [-0.2, 0) is 5.88 Å². The molecule has 14 heavy (non-hydrogen) atoms. The Morgan fingerprint density at radius 3 is 2.93 bits per heavy atom. The van der Waals surface area contributed by atoms with Crippen molar-refractivity contribution in [2.75, 3.05) is 0 Å². The van der Waals surface area contributed by atoms with Crippen molar-refractivity contribution in [2.45, 2.75) is 5.88 Å². The maximum Gasteiger partial charge on any atom is 0.241 e. The highest BCUT2D eigenvalue weighted by Crippen LogP contribution is 2.22. The number of hydrogen-bond acceptors (Lipinski definition) is 4. The summed E-state index contributed by atoms with van der Waals surface area (Å²) in [6.07, 6.45) is 1.61. The molecule has 0 aliphatic rings. The van der Waals surface area contributed by atoms with Crippen molar-refractivity contribution in [2.24, 2.45) is 0 Å². The number of alkyl halides is 1. The molecule has 0 saturated carbocycles. The Labute approximate surface area is 89.9 Å². The Bertz CT molecular complexity index is 444. The minimum Gasteiger partial charge on any atom is -0.338 e. The molecule has 0 aliphatic heterocycles. The topological polar surface area (TPSA) is 51.8 Å². The van der Waals surface area contributed by atoms with Crippen LogP contribution in [0, 0.1) is 0 Å². The monoisotopic (exact) mass is 229 g/mol. The molecule has 0 fully saturated rings. The maximum absolute atomic E-state index is 5.89. The molecule has 0 spiro atoms. The molecule has 72 valence electrons. The Morgan fingerprint density at radius 2 is 2.29 bits per heavy atom. The fourth-order valence-corrected chi connectivity index (χ4v) is 1.27. The molecule has 6 heteroatoms. The minimum atomic E-state index is 0.178. The van der Waals surface area contributed by atoms with Crippen molar-refractivity contribution in [3.63, 3.8) is 0 Å². The first kappa shape index (κ1) is 9.43. The highest BCUT2D eigenvalue weighted by molar-refractivity contribution is 6.32. The van der Waals surface area contributed by atoms with Crippen molar-refractivity contribution in [1.82, 2.24) is 15.1 Å². The van der Waals surface area contributed by atoms with Crippen molar-refractivity contribution in [3.05, 3.63) is 29.2 Å². The second-order valence-electron chi connectivity index (χ2n) is 2.48. The highest BCUT2D eigenvalue weighted by Gasteiger charge is 2.11. The van der Waals surface area contributed by atoms with Crippen LogP contribution in [-0.4, -0.2) is 15.1 Å². The molecule has 4 nitrogen and oxygen atoms in total. The van der Waals surface area contributed by atoms with Gasteiger partial charge in [0.1, 0.15) is 11.6 Å². The van der Waals surface area contributed by atoms with E-state index >= 15 is 0 Å². The molecule has 0 radical (unpaired) electrons. The molecule has 0 atom stereocenters. The molecular weight excluding hydrogens is 225 g/mol. The zero-order valence-electron chi connectivity index (χ0n) is 6.94. The molecule has 2 aromatic rings. The third kappa shape index (κ3) is 1.71. The zero-order chi connectivity index (χ0) is 9.97. The summed E-state index contributed by atoms with van der Waals surface area (Å²) in [5.74, 6) is 0.881. The fourth-order valence-electron chi connectivity index (χ4n) is 0.956. The quantitative estimate of drug-likeness (QED) is 0.743. The molecule has 2 heterocycles. The third-order valence-corrected chi connectivity index (χ3v) is 2.09. The highest BCUT2D eigenvalue weighted by atomic mass is 35.5. The van der Waals surface area contributed by atoms with Gasteiger partial charge in [0.2, 0.25) is 11.7 Å². The van der Waals surface area contributed by atoms with E-state index in [-0.39, 0.29) is 5.88 Å². The zero-order valence-corrected chi connectivity index (χ0v) is 8.46. The summed E-state index contributed by atoms with van der Waals surface area (Å²) >= 11 is 11.4. The van der Waals surface area contributed by atoms with Gasteiger partial charge in [-0.1, -0.05) is 16.8 Å². The molecular formula is C8H5Cl2N3O. The summed E-state index contributed by atoms with van der Waals surface area (Å²) in [5.41, 5.74) is 0.495. The van der Waals surface area contributed by atoms with Crippen LogP contribution in [0.15, 0.2) is 22.9 Å². The van der Waals surface area contributed by atoms with Gasteiger partial charge in [-0.2, -0.15) is 4.98 Å². The number of pyridine rings is 1. The second kappa shape index (κ2) is 3.94. The van der Waals surface area contributed by atoms with E-state index in [1.807, 2.05) is 0 Å². The van der Waals surface area contributed by atoms with Gasteiger partial charge in [-0.3, -0.25) is 4.98 Å². The molecule has 0 bridgehead atoms. The van der Waals surface area contributed by atoms with Gasteiger partial charge >= 0.3 is 0 Å². The maximum atomic E-state index is 5.89. The van der Waals surface area contributed by atoms with Crippen LogP contribution in [0.25, 0.3) is 11.5 Å². The normalized spacial score (nSPS) is 10.4. The minimum absolute atomic E-state index is 0.178. The number of rotatable bonds is 2. The standard InChI is InChI=1S/C8H5Cl2N3O/c9-4-6-12-8(13-14-6)7-5(10)2-1-3-11-7/h1-3H,4H2. The number of nitrogens with zero attached hydrogens (tertiary/aromatic N) is 3. The first-order chi connectivity index (χ1) is 6.81. The molecule has 0 aromatic carbocycles. The van der Waals surface area contributed by atoms with Gasteiger partial charge in [0, 0.05) is 6.20 Å². The van der Waals surface area contributed by atoms with E-state index in [1.54, 1.807) is 18.3 Å². The van der Waals surface area contributed by atoms with Gasteiger partial charge in [-0.05, 0) is 12.1 Å². The summed E-state index contributed by atoms with van der Waals surface area (Å²) in [5, 5.41) is 4.18. The molecule has 2 rings (SSSR count). The van der Waals surface area contributed by atoms with Gasteiger partial charge in [0.05, 0.1) is 5.02 Å². The van der Waals surface area contributed by atoms with Crippen LogP contribution >= 0.6 is 23.2 Å². The van der Waals surface area contributed by atoms with Gasteiger partial charge < -0.3 is 4.52 Å². The van der Waals surface area contributed by atoms with Crippen molar-refractivity contribution in [3.8, 4) is 11.5 Å². The lowest BCUT2D eigenvalue weighted by atomic mass is 10.3. The van der Waals surface area contributed by atoms with Gasteiger partial charge in [-0.25, -0.2) is 0 Å². The van der Waals surface area contributed by atoms with Gasteiger partial charge in [-0.15, -0.1) is 11.6 Å². The Balaban J connectivity index is 2.44. The van der Waals surface area contributed by atoms with Crippen molar-refractivity contribution >= 4 is 23.2 Å². The molecule has 0 saturated heterocycles. The average molecular weight is 230 g/mol. The summed E-state index contributed by atoms with van der Waals surface area (Å²) in [7, 11) is 0. The van der Waals surface area contributed by atoms with E-state index in [0.717, 1.165) is 0 Å². The predicted molar refractivity (Wildman–Crippen MR) is 52.1 cm³/mol. The lowest BCUT2D eigenvalue weighted by molar-refractivity contribution is 0.391. The van der Waals surface area contributed by atoms with Gasteiger partial charge in [0.15, 0.2) is 0 Å². The third-order valence-electron chi connectivity index (χ3n) is 1.55. The van der Waals surface area contributed by atoms with E-state index in [2.05, 4.69) is 15.1 Å². The summed E-state index contributed by atoms with van der Waals surface area (Å²) < 4.78 is 4.83. The van der Waals surface area contributed by atoms with Crippen LogP contribution in [0.3, 0.4) is 0 Å². The Morgan fingerprint density at radius 1 is 1.43 bits per heavy atom. The lowest BCUT2D eigenvalue weighted by Gasteiger charge is -1.94. The molecule has 0 amide bonds. The molecule has 0 N–H and O–H groups in total. The first-order valence-corrected chi connectivity index (χ1v) is 4.72. The van der Waals surface area contributed by atoms with E-state index in [0.29, 0.717) is 22.4 Å². The Hall–Kier alpha value is -1.13. The van der Waals surface area contributed by atoms with Crippen LogP contribution in [0.2, 0.25) is 5.02 Å². The van der Waals surface area contributed by atoms with Crippen LogP contribution < -0.4 is 0 Å². The number of hydrogen-bond donors (Lipinski definition) is 0. The second-order valence-corrected chi connectivity index (χ2v) is 3.15. The van der Waals surface area contributed by atoms with Crippen LogP contribution in [0.5, 0.6) is 0 Å². The Kier molecular flexibility index (Phi) is 2.65. The predicted octanol–water partition coefficient (Wildman–Crippen LogP) is 2.52. The summed E-state index contributed by atoms with van der Waals surface area (Å²) in [6, 6.07) is 3.44. The first-order valence-electron chi connectivity index (χ1n) is 3.80. The molecule has 2 aromatic heterocycles. The molecule has 0 aliphatic carbocycles. The largest absolute Gasteiger partial charge is 0.338 e. The van der Waals surface area contributed by atoms with Gasteiger partial charge in [0.25, 0.3) is 0 Å². The van der Waals surface area contributed by atoms with Crippen molar-refractivity contribution in [1.29, 1.82) is 0 Å². The van der Waals surface area contributed by atoms with E-state index in [1.165, 1.54) is 0 Å². The van der Waals surface area contributed by atoms with Crippen LogP contribution in [0.4, 0.5) is 0 Å². The van der Waals surface area contributed by atoms with E-state index in [4.69, 9.17) is 27.7 Å². The smallest absolute Gasteiger partial charge is 0.241 e. The number of halogens is 2.